The number of carbonyl (C=O) groups is 3. The second-order valence-electron chi connectivity index (χ2n) is 6.13. The minimum Gasteiger partial charge on any atom is -0.376 e. The van der Waals surface area contributed by atoms with Crippen molar-refractivity contribution < 1.29 is 32.3 Å². The highest BCUT2D eigenvalue weighted by Gasteiger charge is 2.42. The zero-order valence-corrected chi connectivity index (χ0v) is 13.8. The van der Waals surface area contributed by atoms with Gasteiger partial charge in [-0.3, -0.25) is 20.2 Å². The van der Waals surface area contributed by atoms with Crippen LogP contribution < -0.4 is 10.6 Å². The van der Waals surface area contributed by atoms with Gasteiger partial charge in [0.25, 0.3) is 11.8 Å². The van der Waals surface area contributed by atoms with E-state index in [-0.39, 0.29) is 23.9 Å². The van der Waals surface area contributed by atoms with Gasteiger partial charge in [0.1, 0.15) is 11.3 Å². The van der Waals surface area contributed by atoms with Crippen LogP contribution in [-0.2, 0) is 14.3 Å². The maximum Gasteiger partial charge on any atom is 0.431 e. The number of urea groups is 1. The van der Waals surface area contributed by atoms with Crippen molar-refractivity contribution in [1.82, 2.24) is 15.5 Å². The highest BCUT2D eigenvalue weighted by molar-refractivity contribution is 6.29. The number of imide groups is 2. The monoisotopic (exact) mass is 371 g/mol. The molecule has 7 nitrogen and oxygen atoms in total. The summed E-state index contributed by atoms with van der Waals surface area (Å²) in [4.78, 5) is 36.0. The molecule has 26 heavy (non-hydrogen) atoms. The summed E-state index contributed by atoms with van der Waals surface area (Å²) in [5, 5.41) is 3.71. The number of allylic oxidation sites excluding steroid dienone is 5. The molecule has 1 atom stereocenters. The molecule has 140 valence electrons. The number of hydrogen-bond donors (Lipinski definition) is 2. The predicted octanol–water partition coefficient (Wildman–Crippen LogP) is 1.49. The van der Waals surface area contributed by atoms with Crippen molar-refractivity contribution in [2.75, 3.05) is 13.2 Å². The van der Waals surface area contributed by atoms with E-state index in [0.717, 1.165) is 17.4 Å². The van der Waals surface area contributed by atoms with Crippen LogP contribution in [0, 0.1) is 0 Å². The first kappa shape index (κ1) is 18.2. The molecule has 2 fully saturated rings. The van der Waals surface area contributed by atoms with Gasteiger partial charge in [-0.1, -0.05) is 0 Å². The van der Waals surface area contributed by atoms with E-state index in [1.54, 1.807) is 0 Å². The highest BCUT2D eigenvalue weighted by Crippen LogP contribution is 2.37. The molecule has 1 unspecified atom stereocenters. The van der Waals surface area contributed by atoms with Crippen LogP contribution in [0.2, 0.25) is 0 Å². The average Bonchev–Trinajstić information content (AvgIpc) is 3.00. The van der Waals surface area contributed by atoms with E-state index in [1.807, 2.05) is 10.6 Å². The third kappa shape index (κ3) is 3.50. The largest absolute Gasteiger partial charge is 0.431 e. The smallest absolute Gasteiger partial charge is 0.376 e. The lowest BCUT2D eigenvalue weighted by Crippen LogP contribution is -2.52. The molecule has 10 heteroatoms. The van der Waals surface area contributed by atoms with E-state index in [4.69, 9.17) is 4.74 Å². The third-order valence-corrected chi connectivity index (χ3v) is 4.27. The fourth-order valence-electron chi connectivity index (χ4n) is 3.10. The van der Waals surface area contributed by atoms with Gasteiger partial charge in [-0.25, -0.2) is 4.79 Å². The Morgan fingerprint density at radius 3 is 2.38 bits per heavy atom. The van der Waals surface area contributed by atoms with Crippen molar-refractivity contribution in [3.8, 4) is 0 Å². The van der Waals surface area contributed by atoms with Crippen molar-refractivity contribution >= 4 is 17.8 Å². The number of alkyl halides is 3. The lowest BCUT2D eigenvalue weighted by atomic mass is 9.99. The normalized spacial score (nSPS) is 24.4. The quantitative estimate of drug-likeness (QED) is 0.567. The van der Waals surface area contributed by atoms with Crippen LogP contribution in [0.15, 0.2) is 34.7 Å². The molecule has 0 aliphatic carbocycles. The van der Waals surface area contributed by atoms with Gasteiger partial charge < -0.3 is 9.64 Å². The molecule has 3 rings (SSSR count). The summed E-state index contributed by atoms with van der Waals surface area (Å²) in [5.74, 6) is -2.08. The Labute approximate surface area is 146 Å². The van der Waals surface area contributed by atoms with E-state index >= 15 is 0 Å². The first-order valence-electron chi connectivity index (χ1n) is 7.94. The van der Waals surface area contributed by atoms with Gasteiger partial charge >= 0.3 is 12.2 Å². The number of halogens is 3. The van der Waals surface area contributed by atoms with E-state index in [1.165, 1.54) is 13.0 Å². The summed E-state index contributed by atoms with van der Waals surface area (Å²) in [5.41, 5.74) is -1.52. The molecule has 3 heterocycles. The Hall–Kier alpha value is -2.62. The van der Waals surface area contributed by atoms with Crippen molar-refractivity contribution in [1.29, 1.82) is 0 Å². The molecular formula is C16H16F3N3O4. The Balaban J connectivity index is 2.01. The van der Waals surface area contributed by atoms with Crippen molar-refractivity contribution in [3.63, 3.8) is 0 Å². The highest BCUT2D eigenvalue weighted by atomic mass is 19.4. The lowest BCUT2D eigenvalue weighted by Gasteiger charge is -2.34. The zero-order valence-electron chi connectivity index (χ0n) is 13.8. The van der Waals surface area contributed by atoms with Crippen LogP contribution in [0.3, 0.4) is 0 Å². The molecule has 0 aromatic carbocycles. The predicted molar refractivity (Wildman–Crippen MR) is 82.3 cm³/mol. The van der Waals surface area contributed by atoms with Gasteiger partial charge in [-0.2, -0.15) is 13.2 Å². The van der Waals surface area contributed by atoms with Crippen LogP contribution in [0.5, 0.6) is 0 Å². The molecule has 2 N–H and O–H groups in total. The number of carbonyl (C=O) groups excluding carboxylic acids is 3. The molecule has 0 radical (unpaired) electrons. The summed E-state index contributed by atoms with van der Waals surface area (Å²) in [7, 11) is 0. The standard InChI is InChI=1S/C16H16F3N3O4/c1-8-5-9(12-13(23)20-15(25)21-14(12)24)6-11(16(17,18)19)22(8)7-10-3-2-4-26-10/h5-6,10H,2-4,7H2,1H3,(H2,20,21,23,24,25). The molecule has 0 bridgehead atoms. The summed E-state index contributed by atoms with van der Waals surface area (Å²) in [6.07, 6.45) is -1.51. The van der Waals surface area contributed by atoms with Crippen molar-refractivity contribution in [2.45, 2.75) is 32.0 Å². The SMILES string of the molecule is CC1=CC(=C2C(=O)NC(=O)NC2=O)C=C(C(F)(F)F)N1CC1CCCO1. The van der Waals surface area contributed by atoms with Crippen molar-refractivity contribution in [3.05, 3.63) is 34.7 Å². The molecule has 3 aliphatic heterocycles. The Morgan fingerprint density at radius 1 is 1.19 bits per heavy atom. The summed E-state index contributed by atoms with van der Waals surface area (Å²) >= 11 is 0. The zero-order chi connectivity index (χ0) is 19.1. The van der Waals surface area contributed by atoms with Crippen LogP contribution in [0.25, 0.3) is 0 Å². The number of hydrogen-bond acceptors (Lipinski definition) is 5. The van der Waals surface area contributed by atoms with E-state index < -0.39 is 35.3 Å². The fraction of sp³-hybridized carbons (Fsp3) is 0.438. The molecule has 0 aromatic rings. The van der Waals surface area contributed by atoms with Gasteiger partial charge in [0.05, 0.1) is 6.10 Å². The van der Waals surface area contributed by atoms with Crippen LogP contribution in [-0.4, -0.2) is 48.2 Å². The second-order valence-corrected chi connectivity index (χ2v) is 6.13. The average molecular weight is 371 g/mol. The van der Waals surface area contributed by atoms with Gasteiger partial charge in [0, 0.05) is 18.8 Å². The van der Waals surface area contributed by atoms with Gasteiger partial charge in [0.2, 0.25) is 0 Å². The second kappa shape index (κ2) is 6.60. The number of barbiturate groups is 1. The van der Waals surface area contributed by atoms with Crippen LogP contribution in [0.4, 0.5) is 18.0 Å². The molecule has 4 amide bonds. The van der Waals surface area contributed by atoms with Crippen LogP contribution >= 0.6 is 0 Å². The summed E-state index contributed by atoms with van der Waals surface area (Å²) in [6.45, 7) is 1.99. The molecular weight excluding hydrogens is 355 g/mol. The number of nitrogens with one attached hydrogen (secondary N) is 2. The molecule has 3 aliphatic rings. The summed E-state index contributed by atoms with van der Waals surface area (Å²) in [6, 6.07) is -1.01. The first-order chi connectivity index (χ1) is 12.2. The Bertz CT molecular complexity index is 739. The first-order valence-corrected chi connectivity index (χ1v) is 7.94. The third-order valence-electron chi connectivity index (χ3n) is 4.27. The topological polar surface area (TPSA) is 87.7 Å². The molecule has 0 saturated carbocycles. The van der Waals surface area contributed by atoms with E-state index in [2.05, 4.69) is 0 Å². The number of nitrogens with zero attached hydrogens (tertiary/aromatic N) is 1. The van der Waals surface area contributed by atoms with E-state index in [0.29, 0.717) is 13.0 Å². The Morgan fingerprint density at radius 2 is 1.85 bits per heavy atom. The summed E-state index contributed by atoms with van der Waals surface area (Å²) < 4.78 is 46.2. The van der Waals surface area contributed by atoms with Gasteiger partial charge in [0.15, 0.2) is 0 Å². The van der Waals surface area contributed by atoms with Crippen molar-refractivity contribution in [2.24, 2.45) is 0 Å². The number of rotatable bonds is 2. The number of amides is 4. The lowest BCUT2D eigenvalue weighted by molar-refractivity contribution is -0.124. The molecule has 0 aromatic heterocycles. The minimum atomic E-state index is -4.70. The molecule has 2 saturated heterocycles. The van der Waals surface area contributed by atoms with E-state index in [9.17, 15) is 27.6 Å². The maximum absolute atomic E-state index is 13.6. The Kier molecular flexibility index (Phi) is 4.61. The van der Waals surface area contributed by atoms with Gasteiger partial charge in [-0.05, 0) is 37.5 Å². The van der Waals surface area contributed by atoms with Crippen LogP contribution in [0.1, 0.15) is 19.8 Å². The molecule has 0 spiro atoms. The fourth-order valence-corrected chi connectivity index (χ4v) is 3.10. The van der Waals surface area contributed by atoms with Gasteiger partial charge in [-0.15, -0.1) is 0 Å². The minimum absolute atomic E-state index is 0.0210. The maximum atomic E-state index is 13.6. The number of ether oxygens (including phenoxy) is 1.